The SMILES string of the molecule is CC.CC.CC(C)C1(C(C)C)c2ccccc2-c2[nH]ncc21.CC(C)C1(C)CCCc2ccccc21.CC(C)C1(C)c2ccccc2-c2ccccc21. The molecule has 2 nitrogen and oxygen atoms in total. The molecule has 0 spiro atoms. The number of aromatic nitrogens is 2. The Balaban J connectivity index is 0.000000171. The lowest BCUT2D eigenvalue weighted by atomic mass is 9.63. The number of hydrogen-bond donors (Lipinski definition) is 1. The molecule has 1 heterocycles. The molecule has 4 aromatic carbocycles. The first-order valence-electron chi connectivity index (χ1n) is 20.8. The Morgan fingerprint density at radius 1 is 0.509 bits per heavy atom. The van der Waals surface area contributed by atoms with Crippen LogP contribution < -0.4 is 0 Å². The first-order valence-corrected chi connectivity index (χ1v) is 20.8. The average Bonchev–Trinajstić information content (AvgIpc) is 3.84. The number of nitrogens with one attached hydrogen (secondary N) is 1. The molecule has 0 saturated carbocycles. The van der Waals surface area contributed by atoms with Crippen LogP contribution in [0, 0.1) is 23.7 Å². The van der Waals surface area contributed by atoms with Crippen LogP contribution in [0.4, 0.5) is 0 Å². The number of H-pyrrole nitrogens is 1. The third-order valence-corrected chi connectivity index (χ3v) is 13.0. The second-order valence-electron chi connectivity index (χ2n) is 16.4. The van der Waals surface area contributed by atoms with Crippen LogP contribution in [0.2, 0.25) is 0 Å². The van der Waals surface area contributed by atoms with Crippen LogP contribution in [0.25, 0.3) is 22.4 Å². The Bertz CT molecular complexity index is 1850. The molecule has 2 heteroatoms. The first-order chi connectivity index (χ1) is 25.4. The van der Waals surface area contributed by atoms with Gasteiger partial charge in [0.05, 0.1) is 11.9 Å². The van der Waals surface area contributed by atoms with Gasteiger partial charge in [-0.2, -0.15) is 5.10 Å². The Hall–Kier alpha value is -3.91. The van der Waals surface area contributed by atoms with Crippen LogP contribution in [-0.4, -0.2) is 10.2 Å². The molecule has 0 radical (unpaired) electrons. The number of aromatic amines is 1. The Labute approximate surface area is 324 Å². The van der Waals surface area contributed by atoms with E-state index in [-0.39, 0.29) is 10.8 Å². The van der Waals surface area contributed by atoms with Gasteiger partial charge in [-0.15, -0.1) is 0 Å². The van der Waals surface area contributed by atoms with E-state index in [1.54, 1.807) is 11.1 Å². The smallest absolute Gasteiger partial charge is 0.0694 e. The summed E-state index contributed by atoms with van der Waals surface area (Å²) in [6.07, 6.45) is 6.00. The molecule has 0 aliphatic heterocycles. The van der Waals surface area contributed by atoms with Crippen molar-refractivity contribution in [1.29, 1.82) is 0 Å². The minimum Gasteiger partial charge on any atom is -0.278 e. The molecule has 0 fully saturated rings. The van der Waals surface area contributed by atoms with E-state index in [0.29, 0.717) is 23.2 Å². The van der Waals surface area contributed by atoms with Crippen LogP contribution in [0.15, 0.2) is 103 Å². The van der Waals surface area contributed by atoms with E-state index in [1.807, 2.05) is 33.9 Å². The van der Waals surface area contributed by atoms with E-state index in [2.05, 4.69) is 176 Å². The molecule has 8 rings (SSSR count). The van der Waals surface area contributed by atoms with Crippen molar-refractivity contribution in [3.05, 3.63) is 137 Å². The maximum atomic E-state index is 4.28. The molecule has 53 heavy (non-hydrogen) atoms. The van der Waals surface area contributed by atoms with Gasteiger partial charge in [0, 0.05) is 22.0 Å². The highest BCUT2D eigenvalue weighted by atomic mass is 15.1. The topological polar surface area (TPSA) is 28.7 Å². The van der Waals surface area contributed by atoms with Crippen LogP contribution in [-0.2, 0) is 22.7 Å². The Morgan fingerprint density at radius 3 is 1.45 bits per heavy atom. The van der Waals surface area contributed by atoms with Crippen LogP contribution in [0.5, 0.6) is 0 Å². The highest BCUT2D eigenvalue weighted by molar-refractivity contribution is 5.81. The van der Waals surface area contributed by atoms with E-state index in [9.17, 15) is 0 Å². The summed E-state index contributed by atoms with van der Waals surface area (Å²) >= 11 is 0. The molecular formula is C51H70N2. The van der Waals surface area contributed by atoms with Crippen molar-refractivity contribution in [2.24, 2.45) is 23.7 Å². The van der Waals surface area contributed by atoms with Crippen LogP contribution in [0.3, 0.4) is 0 Å². The summed E-state index contributed by atoms with van der Waals surface area (Å²) < 4.78 is 0. The second kappa shape index (κ2) is 17.5. The molecule has 1 atom stereocenters. The van der Waals surface area contributed by atoms with Crippen molar-refractivity contribution in [3.63, 3.8) is 0 Å². The third-order valence-electron chi connectivity index (χ3n) is 13.0. The van der Waals surface area contributed by atoms with Gasteiger partial charge in [-0.1, -0.05) is 194 Å². The van der Waals surface area contributed by atoms with Gasteiger partial charge >= 0.3 is 0 Å². The van der Waals surface area contributed by atoms with Crippen molar-refractivity contribution < 1.29 is 0 Å². The lowest BCUT2D eigenvalue weighted by molar-refractivity contribution is 0.280. The summed E-state index contributed by atoms with van der Waals surface area (Å²) in [5, 5.41) is 7.47. The fourth-order valence-corrected chi connectivity index (χ4v) is 9.71. The molecule has 0 bridgehead atoms. The number of benzene rings is 4. The quantitative estimate of drug-likeness (QED) is 0.198. The van der Waals surface area contributed by atoms with Gasteiger partial charge in [0.2, 0.25) is 0 Å². The van der Waals surface area contributed by atoms with Gasteiger partial charge in [-0.05, 0) is 87.3 Å². The zero-order valence-corrected chi connectivity index (χ0v) is 35.7. The summed E-state index contributed by atoms with van der Waals surface area (Å²) in [6.45, 7) is 31.4. The number of aryl methyl sites for hydroxylation is 1. The molecule has 0 amide bonds. The Morgan fingerprint density at radius 2 is 0.962 bits per heavy atom. The summed E-state index contributed by atoms with van der Waals surface area (Å²) in [5.41, 5.74) is 15.0. The van der Waals surface area contributed by atoms with Crippen LogP contribution in [0.1, 0.15) is 143 Å². The fraction of sp³-hybridized carbons (Fsp3) is 0.471. The lowest BCUT2D eigenvalue weighted by Gasteiger charge is -2.39. The number of hydrogen-bond acceptors (Lipinski definition) is 1. The van der Waals surface area contributed by atoms with Gasteiger partial charge in [0.1, 0.15) is 0 Å². The minimum atomic E-state index is 0.0962. The average molecular weight is 711 g/mol. The van der Waals surface area contributed by atoms with E-state index in [0.717, 1.165) is 5.92 Å². The molecular weight excluding hydrogens is 641 g/mol. The maximum absolute atomic E-state index is 4.28. The number of fused-ring (bicyclic) bond motifs is 7. The fourth-order valence-electron chi connectivity index (χ4n) is 9.71. The van der Waals surface area contributed by atoms with Crippen LogP contribution >= 0.6 is 0 Å². The normalized spacial score (nSPS) is 17.7. The first kappa shape index (κ1) is 41.8. The zero-order chi connectivity index (χ0) is 39.1. The molecule has 3 aliphatic carbocycles. The second-order valence-corrected chi connectivity index (χ2v) is 16.4. The molecule has 1 aromatic heterocycles. The summed E-state index contributed by atoms with van der Waals surface area (Å²) in [5.74, 6) is 2.45. The maximum Gasteiger partial charge on any atom is 0.0694 e. The molecule has 1 unspecified atom stereocenters. The highest BCUT2D eigenvalue weighted by Gasteiger charge is 2.48. The molecule has 1 N–H and O–H groups in total. The van der Waals surface area contributed by atoms with Gasteiger partial charge in [0.15, 0.2) is 0 Å². The number of nitrogens with zero attached hydrogens (tertiary/aromatic N) is 1. The van der Waals surface area contributed by atoms with Gasteiger partial charge in [-0.25, -0.2) is 0 Å². The van der Waals surface area contributed by atoms with E-state index in [4.69, 9.17) is 0 Å². The number of rotatable bonds is 4. The third kappa shape index (κ3) is 7.20. The molecule has 284 valence electrons. The van der Waals surface area contributed by atoms with Crippen molar-refractivity contribution >= 4 is 0 Å². The minimum absolute atomic E-state index is 0.0962. The summed E-state index contributed by atoms with van der Waals surface area (Å²) in [7, 11) is 0. The van der Waals surface area contributed by atoms with Crippen molar-refractivity contribution in [2.45, 2.75) is 132 Å². The summed E-state index contributed by atoms with van der Waals surface area (Å²) in [4.78, 5) is 0. The van der Waals surface area contributed by atoms with Gasteiger partial charge in [-0.3, -0.25) is 5.10 Å². The van der Waals surface area contributed by atoms with Crippen molar-refractivity contribution in [2.75, 3.05) is 0 Å². The molecule has 3 aliphatic rings. The highest BCUT2D eigenvalue weighted by Crippen LogP contribution is 2.56. The molecule has 0 saturated heterocycles. The van der Waals surface area contributed by atoms with Gasteiger partial charge in [0.25, 0.3) is 0 Å². The lowest BCUT2D eigenvalue weighted by Crippen LogP contribution is -2.37. The van der Waals surface area contributed by atoms with E-state index < -0.39 is 0 Å². The monoisotopic (exact) mass is 711 g/mol. The zero-order valence-electron chi connectivity index (χ0n) is 35.7. The van der Waals surface area contributed by atoms with Crippen molar-refractivity contribution in [1.82, 2.24) is 10.2 Å². The van der Waals surface area contributed by atoms with E-state index >= 15 is 0 Å². The Kier molecular flexibility index (Phi) is 13.8. The largest absolute Gasteiger partial charge is 0.278 e. The van der Waals surface area contributed by atoms with Crippen molar-refractivity contribution in [3.8, 4) is 22.4 Å². The van der Waals surface area contributed by atoms with E-state index in [1.165, 1.54) is 63.9 Å². The predicted molar refractivity (Wildman–Crippen MR) is 232 cm³/mol. The molecule has 5 aromatic rings. The summed E-state index contributed by atoms with van der Waals surface area (Å²) in [6, 6.07) is 35.4. The standard InChI is InChI=1S/C17H18.C16H20N2.C14H20.2C2H6/c1-12(2)17(3)15-10-6-4-8-13(15)14-9-5-7-11-16(14)17;1-10(2)16(11(3)4)13-8-6-5-7-12(13)15-14(16)9-17-18-15;1-11(2)14(3)10-6-8-12-7-4-5-9-13(12)14;2*1-2/h4-12H,1-3H3;5-11H,1-4H3,(H,17,18);4-5,7,9,11H,6,8,10H2,1-3H3;2*1-2H3. The van der Waals surface area contributed by atoms with Gasteiger partial charge < -0.3 is 0 Å². The predicted octanol–water partition coefficient (Wildman–Crippen LogP) is 14.6.